The van der Waals surface area contributed by atoms with Gasteiger partial charge in [-0.15, -0.1) is 0 Å². The summed E-state index contributed by atoms with van der Waals surface area (Å²) in [5.41, 5.74) is 3.00. The number of amides is 1. The number of hydrogen-bond donors (Lipinski definition) is 2. The minimum Gasteiger partial charge on any atom is -0.351 e. The van der Waals surface area contributed by atoms with Gasteiger partial charge in [0, 0.05) is 56.4 Å². The number of rotatable bonds is 5. The molecular formula is C16H23N7O. The summed E-state index contributed by atoms with van der Waals surface area (Å²) in [5.74, 6) is 0.798. The van der Waals surface area contributed by atoms with Crippen LogP contribution in [0.25, 0.3) is 0 Å². The predicted octanol–water partition coefficient (Wildman–Crippen LogP) is 0.255. The van der Waals surface area contributed by atoms with Crippen LogP contribution in [0.1, 0.15) is 17.0 Å². The molecule has 2 aromatic rings. The van der Waals surface area contributed by atoms with E-state index in [0.29, 0.717) is 13.1 Å². The molecule has 2 aromatic heterocycles. The SMILES string of the molecule is Cc1n[nH]c(C)c1CNC(=O)CN1CCN(c2ncccn2)CC1. The molecule has 0 radical (unpaired) electrons. The lowest BCUT2D eigenvalue weighted by atomic mass is 10.2. The van der Waals surface area contributed by atoms with Crippen molar-refractivity contribution in [3.05, 3.63) is 35.4 Å². The molecule has 1 amide bonds. The quantitative estimate of drug-likeness (QED) is 0.817. The summed E-state index contributed by atoms with van der Waals surface area (Å²) < 4.78 is 0. The van der Waals surface area contributed by atoms with E-state index in [4.69, 9.17) is 0 Å². The molecule has 3 heterocycles. The van der Waals surface area contributed by atoms with Crippen molar-refractivity contribution in [3.8, 4) is 0 Å². The van der Waals surface area contributed by atoms with Gasteiger partial charge in [-0.05, 0) is 19.9 Å². The van der Waals surface area contributed by atoms with Crippen molar-refractivity contribution >= 4 is 11.9 Å². The highest BCUT2D eigenvalue weighted by atomic mass is 16.2. The zero-order valence-corrected chi connectivity index (χ0v) is 14.1. The van der Waals surface area contributed by atoms with E-state index in [1.165, 1.54) is 0 Å². The van der Waals surface area contributed by atoms with Crippen molar-refractivity contribution in [2.75, 3.05) is 37.6 Å². The van der Waals surface area contributed by atoms with Crippen LogP contribution in [-0.2, 0) is 11.3 Å². The van der Waals surface area contributed by atoms with Gasteiger partial charge in [-0.3, -0.25) is 14.8 Å². The van der Waals surface area contributed by atoms with Gasteiger partial charge in [0.25, 0.3) is 0 Å². The van der Waals surface area contributed by atoms with Crippen LogP contribution in [0, 0.1) is 13.8 Å². The van der Waals surface area contributed by atoms with Crippen LogP contribution < -0.4 is 10.2 Å². The van der Waals surface area contributed by atoms with Crippen LogP contribution in [0.5, 0.6) is 0 Å². The molecule has 1 saturated heterocycles. The number of hydrogen-bond acceptors (Lipinski definition) is 6. The van der Waals surface area contributed by atoms with Gasteiger partial charge in [0.05, 0.1) is 12.2 Å². The number of nitrogens with one attached hydrogen (secondary N) is 2. The summed E-state index contributed by atoms with van der Waals surface area (Å²) in [6.07, 6.45) is 3.50. The first-order valence-corrected chi connectivity index (χ1v) is 8.15. The molecule has 0 unspecified atom stereocenters. The normalized spacial score (nSPS) is 15.5. The highest BCUT2D eigenvalue weighted by Gasteiger charge is 2.20. The van der Waals surface area contributed by atoms with E-state index >= 15 is 0 Å². The van der Waals surface area contributed by atoms with Crippen LogP contribution in [0.15, 0.2) is 18.5 Å². The average molecular weight is 329 g/mol. The van der Waals surface area contributed by atoms with E-state index in [0.717, 1.165) is 49.1 Å². The molecule has 128 valence electrons. The first-order valence-electron chi connectivity index (χ1n) is 8.15. The summed E-state index contributed by atoms with van der Waals surface area (Å²) in [5, 5.41) is 10.1. The van der Waals surface area contributed by atoms with Gasteiger partial charge in [-0.2, -0.15) is 5.10 Å². The maximum Gasteiger partial charge on any atom is 0.234 e. The summed E-state index contributed by atoms with van der Waals surface area (Å²) in [4.78, 5) is 25.0. The Morgan fingerprint density at radius 2 is 1.92 bits per heavy atom. The second-order valence-electron chi connectivity index (χ2n) is 6.00. The lowest BCUT2D eigenvalue weighted by Crippen LogP contribution is -2.49. The van der Waals surface area contributed by atoms with Crippen molar-refractivity contribution in [3.63, 3.8) is 0 Å². The van der Waals surface area contributed by atoms with Crippen molar-refractivity contribution < 1.29 is 4.79 Å². The second kappa shape index (κ2) is 7.39. The lowest BCUT2D eigenvalue weighted by Gasteiger charge is -2.34. The fourth-order valence-electron chi connectivity index (χ4n) is 2.84. The average Bonchev–Trinajstić information content (AvgIpc) is 2.93. The van der Waals surface area contributed by atoms with E-state index in [9.17, 15) is 4.79 Å². The van der Waals surface area contributed by atoms with Crippen LogP contribution in [0.3, 0.4) is 0 Å². The van der Waals surface area contributed by atoms with Gasteiger partial charge < -0.3 is 10.2 Å². The Labute approximate surface area is 141 Å². The smallest absolute Gasteiger partial charge is 0.234 e. The van der Waals surface area contributed by atoms with Crippen LogP contribution >= 0.6 is 0 Å². The zero-order valence-electron chi connectivity index (χ0n) is 14.1. The monoisotopic (exact) mass is 329 g/mol. The van der Waals surface area contributed by atoms with Crippen molar-refractivity contribution in [1.82, 2.24) is 30.4 Å². The third-order valence-electron chi connectivity index (χ3n) is 4.32. The third kappa shape index (κ3) is 3.88. The van der Waals surface area contributed by atoms with E-state index in [1.54, 1.807) is 12.4 Å². The molecule has 0 aliphatic carbocycles. The molecule has 8 nitrogen and oxygen atoms in total. The zero-order chi connectivity index (χ0) is 16.9. The highest BCUT2D eigenvalue weighted by molar-refractivity contribution is 5.78. The Morgan fingerprint density at radius 1 is 1.21 bits per heavy atom. The van der Waals surface area contributed by atoms with E-state index in [1.807, 2.05) is 19.9 Å². The number of aromatic amines is 1. The lowest BCUT2D eigenvalue weighted by molar-refractivity contribution is -0.122. The van der Waals surface area contributed by atoms with Gasteiger partial charge in [-0.25, -0.2) is 9.97 Å². The fraction of sp³-hybridized carbons (Fsp3) is 0.500. The first kappa shape index (κ1) is 16.4. The Balaban J connectivity index is 1.43. The molecule has 1 aliphatic heterocycles. The Kier molecular flexibility index (Phi) is 5.05. The van der Waals surface area contributed by atoms with Gasteiger partial charge in [0.1, 0.15) is 0 Å². The number of aryl methyl sites for hydroxylation is 2. The van der Waals surface area contributed by atoms with Gasteiger partial charge in [0.2, 0.25) is 11.9 Å². The molecule has 0 bridgehead atoms. The molecule has 0 atom stereocenters. The fourth-order valence-corrected chi connectivity index (χ4v) is 2.84. The standard InChI is InChI=1S/C16H23N7O/c1-12-14(13(2)21-20-12)10-19-15(24)11-22-6-8-23(9-7-22)16-17-4-3-5-18-16/h3-5H,6-11H2,1-2H3,(H,19,24)(H,20,21). The Hall–Kier alpha value is -2.48. The third-order valence-corrected chi connectivity index (χ3v) is 4.32. The molecule has 0 spiro atoms. The maximum atomic E-state index is 12.2. The molecule has 1 fully saturated rings. The van der Waals surface area contributed by atoms with Crippen molar-refractivity contribution in [2.45, 2.75) is 20.4 Å². The topological polar surface area (TPSA) is 90.0 Å². The van der Waals surface area contributed by atoms with E-state index < -0.39 is 0 Å². The van der Waals surface area contributed by atoms with Gasteiger partial charge >= 0.3 is 0 Å². The number of carbonyl (C=O) groups excluding carboxylic acids is 1. The van der Waals surface area contributed by atoms with Gasteiger partial charge in [0.15, 0.2) is 0 Å². The molecule has 8 heteroatoms. The minimum absolute atomic E-state index is 0.0411. The summed E-state index contributed by atoms with van der Waals surface area (Å²) in [7, 11) is 0. The molecule has 3 rings (SSSR count). The summed E-state index contributed by atoms with van der Waals surface area (Å²) in [6.45, 7) is 8.16. The maximum absolute atomic E-state index is 12.2. The minimum atomic E-state index is 0.0411. The number of aromatic nitrogens is 4. The van der Waals surface area contributed by atoms with Crippen molar-refractivity contribution in [2.24, 2.45) is 0 Å². The largest absolute Gasteiger partial charge is 0.351 e. The number of H-pyrrole nitrogens is 1. The highest BCUT2D eigenvalue weighted by Crippen LogP contribution is 2.10. The Bertz CT molecular complexity index is 657. The first-order chi connectivity index (χ1) is 11.6. The number of anilines is 1. The molecular weight excluding hydrogens is 306 g/mol. The summed E-state index contributed by atoms with van der Waals surface area (Å²) >= 11 is 0. The van der Waals surface area contributed by atoms with E-state index in [-0.39, 0.29) is 5.91 Å². The van der Waals surface area contributed by atoms with Crippen LogP contribution in [0.4, 0.5) is 5.95 Å². The Morgan fingerprint density at radius 3 is 2.54 bits per heavy atom. The number of piperazine rings is 1. The molecule has 24 heavy (non-hydrogen) atoms. The van der Waals surface area contributed by atoms with Crippen molar-refractivity contribution in [1.29, 1.82) is 0 Å². The molecule has 0 aromatic carbocycles. The van der Waals surface area contributed by atoms with Gasteiger partial charge in [-0.1, -0.05) is 0 Å². The number of nitrogens with zero attached hydrogens (tertiary/aromatic N) is 5. The van der Waals surface area contributed by atoms with E-state index in [2.05, 4.69) is 35.3 Å². The molecule has 0 saturated carbocycles. The predicted molar refractivity (Wildman–Crippen MR) is 90.6 cm³/mol. The van der Waals surface area contributed by atoms with Crippen LogP contribution in [0.2, 0.25) is 0 Å². The molecule has 1 aliphatic rings. The van der Waals surface area contributed by atoms with Crippen LogP contribution in [-0.4, -0.2) is 63.7 Å². The molecule has 2 N–H and O–H groups in total. The summed E-state index contributed by atoms with van der Waals surface area (Å²) in [6, 6.07) is 1.81. The number of carbonyl (C=O) groups is 1. The second-order valence-corrected chi connectivity index (χ2v) is 6.00.